The van der Waals surface area contributed by atoms with Gasteiger partial charge in [-0.3, -0.25) is 19.4 Å². The summed E-state index contributed by atoms with van der Waals surface area (Å²) in [5.41, 5.74) is 2.67. The number of aromatic nitrogens is 2. The Hall–Kier alpha value is -2.30. The molecule has 0 aliphatic heterocycles. The average Bonchev–Trinajstić information content (AvgIpc) is 2.89. The zero-order chi connectivity index (χ0) is 37.6. The largest absolute Gasteiger partial charge is 4.00 e. The van der Waals surface area contributed by atoms with E-state index in [-0.39, 0.29) is 28.9 Å². The number of hydrogen-bond acceptors (Lipinski definition) is 6. The Morgan fingerprint density at radius 2 is 0.898 bits per heavy atom. The monoisotopic (exact) mass is 814 g/mol. The molecule has 0 fully saturated rings. The van der Waals surface area contributed by atoms with Crippen molar-refractivity contribution in [2.75, 3.05) is 40.3 Å². The number of unbranched alkanes of at least 4 members (excludes halogenated alkanes) is 2. The molecule has 286 valence electrons. The van der Waals surface area contributed by atoms with Crippen LogP contribution in [-0.4, -0.2) is 71.9 Å². The van der Waals surface area contributed by atoms with Crippen LogP contribution in [0.15, 0.2) is 36.4 Å². The molecule has 49 heavy (non-hydrogen) atoms. The zero-order valence-corrected chi connectivity index (χ0v) is 29.8. The van der Waals surface area contributed by atoms with E-state index in [4.69, 9.17) is 0 Å². The fourth-order valence-electron chi connectivity index (χ4n) is 3.38. The van der Waals surface area contributed by atoms with Crippen molar-refractivity contribution in [1.82, 2.24) is 30.4 Å². The summed E-state index contributed by atoms with van der Waals surface area (Å²) in [6.07, 6.45) is 4.02. The van der Waals surface area contributed by atoms with E-state index in [0.717, 1.165) is 50.2 Å². The maximum atomic E-state index is 12.3. The smallest absolute Gasteiger partial charge is 4.00 e. The Morgan fingerprint density at radius 3 is 1.16 bits per heavy atom. The number of pyridine rings is 2. The van der Waals surface area contributed by atoms with E-state index in [9.17, 15) is 60.0 Å². The number of carbonyl (C=O) groups is 2. The van der Waals surface area contributed by atoms with E-state index in [2.05, 4.69) is 44.2 Å². The van der Waals surface area contributed by atoms with Gasteiger partial charge in [0.1, 0.15) is 11.4 Å². The molecule has 2 heterocycles. The third kappa shape index (κ3) is 36.8. The molecule has 0 spiro atoms. The van der Waals surface area contributed by atoms with Crippen LogP contribution < -0.4 is 10.6 Å². The molecule has 0 bridgehead atoms. The Morgan fingerprint density at radius 1 is 0.612 bits per heavy atom. The predicted octanol–water partition coefficient (Wildman–Crippen LogP) is 9.86. The zero-order valence-electron chi connectivity index (χ0n) is 26.9. The molecule has 0 aromatic carbocycles. The Kier molecular flexibility index (Phi) is 17.7. The van der Waals surface area contributed by atoms with Gasteiger partial charge in [0.2, 0.25) is 0 Å². The molecule has 0 radical (unpaired) electrons. The number of nitrogens with one attached hydrogen (secondary N) is 2. The van der Waals surface area contributed by atoms with Crippen LogP contribution in [0.2, 0.25) is 0 Å². The normalized spacial score (nSPS) is 14.3. The van der Waals surface area contributed by atoms with Crippen molar-refractivity contribution in [3.05, 3.63) is 59.2 Å². The number of nitrogens with zero attached hydrogens (tertiary/aromatic N) is 4. The van der Waals surface area contributed by atoms with Gasteiger partial charge in [-0.2, -0.15) is 0 Å². The van der Waals surface area contributed by atoms with Crippen LogP contribution in [0.5, 0.6) is 0 Å². The quantitative estimate of drug-likeness (QED) is 0.0806. The number of carbonyl (C=O) groups excluding carboxylic acids is 2. The van der Waals surface area contributed by atoms with Crippen molar-refractivity contribution in [3.8, 4) is 0 Å². The molecule has 2 rings (SSSR count). The van der Waals surface area contributed by atoms with Gasteiger partial charge >= 0.3 is 83.0 Å². The summed E-state index contributed by atoms with van der Waals surface area (Å²) in [5.74, 6) is -0.238. The number of amides is 2. The maximum Gasteiger partial charge on any atom is 4.00 e. The topological polar surface area (TPSA) is 90.5 Å². The second-order valence-corrected chi connectivity index (χ2v) is 14.5. The first-order valence-corrected chi connectivity index (χ1v) is 18.4. The third-order valence-electron chi connectivity index (χ3n) is 5.44. The van der Waals surface area contributed by atoms with Gasteiger partial charge in [0.25, 0.3) is 11.8 Å². The Bertz CT molecular complexity index is 1210. The number of hydrogen-bond donors (Lipinski definition) is 2. The summed E-state index contributed by atoms with van der Waals surface area (Å²) in [5, 5.41) is 5.83. The van der Waals surface area contributed by atoms with Gasteiger partial charge in [-0.1, -0.05) is 38.8 Å². The second kappa shape index (κ2) is 17.8. The van der Waals surface area contributed by atoms with Crippen LogP contribution in [0.3, 0.4) is 0 Å². The minimum Gasteiger partial charge on any atom is 4.00 e. The molecule has 0 saturated carbocycles. The first-order valence-electron chi connectivity index (χ1n) is 14.3. The first-order chi connectivity index (χ1) is 21.3. The maximum absolute atomic E-state index is 12.3. The van der Waals surface area contributed by atoms with E-state index in [1.807, 2.05) is 38.4 Å². The number of halogens is 12. The molecule has 8 nitrogen and oxygen atoms in total. The van der Waals surface area contributed by atoms with Gasteiger partial charge in [-0.15, -0.1) is 0 Å². The minimum absolute atomic E-state index is 0. The van der Waals surface area contributed by atoms with Gasteiger partial charge in [0, 0.05) is 39.3 Å². The second-order valence-electron chi connectivity index (χ2n) is 10.6. The number of likely N-dealkylation sites (N-methyl/N-ethyl adjacent to an activating group) is 2. The fourth-order valence-corrected chi connectivity index (χ4v) is 3.38. The van der Waals surface area contributed by atoms with Gasteiger partial charge in [-0.25, -0.2) is 9.97 Å². The van der Waals surface area contributed by atoms with Crippen molar-refractivity contribution < 1.29 is 77.0 Å². The van der Waals surface area contributed by atoms with Crippen LogP contribution in [-0.2, 0) is 30.2 Å². The fraction of sp³-hybridized carbons (Fsp3) is 0.538. The molecule has 23 heteroatoms. The summed E-state index contributed by atoms with van der Waals surface area (Å²) in [6.45, 7) is 8.54. The van der Waals surface area contributed by atoms with E-state index in [0.29, 0.717) is 37.6 Å². The van der Waals surface area contributed by atoms with E-state index < -0.39 is 15.6 Å². The van der Waals surface area contributed by atoms with Crippen LogP contribution >= 0.6 is 15.6 Å². The third-order valence-corrected chi connectivity index (χ3v) is 5.44. The van der Waals surface area contributed by atoms with Gasteiger partial charge < -0.3 is 10.6 Å². The molecular weight excluding hydrogens is 774 g/mol. The average molecular weight is 814 g/mol. The predicted molar refractivity (Wildman–Crippen MR) is 163 cm³/mol. The molecule has 0 aliphatic carbocycles. The Labute approximate surface area is 286 Å². The standard InChI is InChI=1S/C26H40N6O2.2F6P.Fe/c1-5-7-15-27-25(33)23-13-9-11-21(29-23)19-31(3)17-18-32(4)20-22-12-10-14-24(30-22)26(34)28-16-8-6-2;2*1-7(2,3,4,5)6;/h9-14H,5-8,15-20H2,1-4H3,(H,27,33)(H,28,34);;;/q;2*-1;+4. The summed E-state index contributed by atoms with van der Waals surface area (Å²) < 4.78 is 118. The van der Waals surface area contributed by atoms with E-state index in [1.165, 1.54) is 0 Å². The molecule has 0 unspecified atom stereocenters. The first kappa shape index (κ1) is 48.8. The van der Waals surface area contributed by atoms with Crippen LogP contribution in [0.4, 0.5) is 50.4 Å². The number of rotatable bonds is 15. The van der Waals surface area contributed by atoms with Crippen molar-refractivity contribution in [1.29, 1.82) is 0 Å². The molecule has 0 atom stereocenters. The summed E-state index contributed by atoms with van der Waals surface area (Å²) in [4.78, 5) is 37.9. The van der Waals surface area contributed by atoms with Gasteiger partial charge in [0.15, 0.2) is 0 Å². The van der Waals surface area contributed by atoms with Crippen molar-refractivity contribution in [2.24, 2.45) is 0 Å². The van der Waals surface area contributed by atoms with Crippen molar-refractivity contribution in [2.45, 2.75) is 52.6 Å². The van der Waals surface area contributed by atoms with Gasteiger partial charge in [-0.05, 0) is 51.2 Å². The van der Waals surface area contributed by atoms with E-state index in [1.54, 1.807) is 12.1 Å². The molecule has 0 saturated heterocycles. The minimum atomic E-state index is -10.7. The van der Waals surface area contributed by atoms with Crippen molar-refractivity contribution >= 4 is 27.4 Å². The van der Waals surface area contributed by atoms with Gasteiger partial charge in [0.05, 0.1) is 11.4 Å². The Balaban J connectivity index is 0. The molecular formula is C26H40F12FeN6O2P2+2. The summed E-state index contributed by atoms with van der Waals surface area (Å²) >= 11 is 0. The van der Waals surface area contributed by atoms with E-state index >= 15 is 0 Å². The molecule has 2 amide bonds. The van der Waals surface area contributed by atoms with Crippen LogP contribution in [0.25, 0.3) is 0 Å². The summed E-state index contributed by atoms with van der Waals surface area (Å²) in [7, 11) is -17.2. The van der Waals surface area contributed by atoms with Crippen LogP contribution in [0.1, 0.15) is 71.9 Å². The SMILES string of the molecule is CCCCNC(=O)c1cccc(CN(C)CCN(C)Cc2cccc(C(=O)NCCCC)n2)n1.F[P-](F)(F)(F)(F)F.F[P-](F)(F)(F)(F)F.[Fe+4]. The molecule has 0 aliphatic rings. The molecule has 2 aromatic heterocycles. The summed E-state index contributed by atoms with van der Waals surface area (Å²) in [6, 6.07) is 11.2. The van der Waals surface area contributed by atoms with Crippen molar-refractivity contribution in [3.63, 3.8) is 0 Å². The van der Waals surface area contributed by atoms with Crippen LogP contribution in [0, 0.1) is 0 Å². The molecule has 2 aromatic rings. The molecule has 2 N–H and O–H groups in total.